The van der Waals surface area contributed by atoms with Crippen molar-refractivity contribution < 1.29 is 9.47 Å². The van der Waals surface area contributed by atoms with Gasteiger partial charge in [-0.3, -0.25) is 4.99 Å². The highest BCUT2D eigenvalue weighted by Gasteiger charge is 2.20. The maximum absolute atomic E-state index is 5.81. The zero-order valence-corrected chi connectivity index (χ0v) is 10.8. The van der Waals surface area contributed by atoms with Gasteiger partial charge in [0.1, 0.15) is 0 Å². The van der Waals surface area contributed by atoms with E-state index in [1.165, 1.54) is 12.8 Å². The van der Waals surface area contributed by atoms with Crippen molar-refractivity contribution in [2.45, 2.75) is 12.8 Å². The second-order valence-electron chi connectivity index (χ2n) is 4.36. The first-order valence-corrected chi connectivity index (χ1v) is 6.02. The molecule has 0 radical (unpaired) electrons. The molecule has 18 heavy (non-hydrogen) atoms. The summed E-state index contributed by atoms with van der Waals surface area (Å²) in [5.41, 5.74) is 6.65. The number of guanidine groups is 1. The van der Waals surface area contributed by atoms with E-state index in [1.54, 1.807) is 14.2 Å². The summed E-state index contributed by atoms with van der Waals surface area (Å²) in [5.74, 6) is 2.53. The van der Waals surface area contributed by atoms with Crippen LogP contribution in [0.5, 0.6) is 11.5 Å². The Morgan fingerprint density at radius 2 is 2.06 bits per heavy atom. The normalized spacial score (nSPS) is 15.3. The van der Waals surface area contributed by atoms with E-state index >= 15 is 0 Å². The van der Waals surface area contributed by atoms with Crippen molar-refractivity contribution >= 4 is 11.6 Å². The molecule has 3 N–H and O–H groups in total. The quantitative estimate of drug-likeness (QED) is 0.617. The predicted octanol–water partition coefficient (Wildman–Crippen LogP) is 1.84. The lowest BCUT2D eigenvalue weighted by atomic mass is 10.3. The van der Waals surface area contributed by atoms with Gasteiger partial charge in [0, 0.05) is 18.3 Å². The molecular weight excluding hydrogens is 230 g/mol. The molecule has 0 aromatic heterocycles. The summed E-state index contributed by atoms with van der Waals surface area (Å²) in [6.45, 7) is 0.812. The molecular formula is C13H19N3O2. The zero-order chi connectivity index (χ0) is 13.0. The van der Waals surface area contributed by atoms with E-state index in [9.17, 15) is 0 Å². The first-order valence-electron chi connectivity index (χ1n) is 6.02. The molecule has 5 nitrogen and oxygen atoms in total. The summed E-state index contributed by atoms with van der Waals surface area (Å²) < 4.78 is 10.4. The molecule has 1 aliphatic carbocycles. The Hall–Kier alpha value is -1.91. The third-order valence-corrected chi connectivity index (χ3v) is 2.87. The first kappa shape index (κ1) is 12.5. The molecule has 5 heteroatoms. The number of rotatable bonds is 5. The number of methoxy groups -OCH3 is 2. The minimum absolute atomic E-state index is 0.439. The third kappa shape index (κ3) is 3.29. The predicted molar refractivity (Wildman–Crippen MR) is 72.4 cm³/mol. The van der Waals surface area contributed by atoms with Crippen molar-refractivity contribution in [3.63, 3.8) is 0 Å². The van der Waals surface area contributed by atoms with Crippen molar-refractivity contribution in [2.24, 2.45) is 16.6 Å². The van der Waals surface area contributed by atoms with E-state index < -0.39 is 0 Å². The van der Waals surface area contributed by atoms with Crippen LogP contribution in [0, 0.1) is 5.92 Å². The molecule has 0 bridgehead atoms. The fourth-order valence-corrected chi connectivity index (χ4v) is 1.63. The fourth-order valence-electron chi connectivity index (χ4n) is 1.63. The van der Waals surface area contributed by atoms with E-state index in [0.29, 0.717) is 17.5 Å². The molecule has 0 aliphatic heterocycles. The van der Waals surface area contributed by atoms with E-state index in [-0.39, 0.29) is 0 Å². The molecule has 1 aromatic rings. The smallest absolute Gasteiger partial charge is 0.193 e. The molecule has 0 spiro atoms. The highest BCUT2D eigenvalue weighted by Crippen LogP contribution is 2.30. The molecule has 2 rings (SSSR count). The molecule has 0 amide bonds. The van der Waals surface area contributed by atoms with Crippen LogP contribution < -0.4 is 20.5 Å². The summed E-state index contributed by atoms with van der Waals surface area (Å²) >= 11 is 0. The van der Waals surface area contributed by atoms with Gasteiger partial charge in [0.15, 0.2) is 17.5 Å². The average molecular weight is 249 g/mol. The SMILES string of the molecule is COc1ccc(NC(N)=NCC2CC2)cc1OC. The maximum Gasteiger partial charge on any atom is 0.193 e. The van der Waals surface area contributed by atoms with E-state index in [1.807, 2.05) is 18.2 Å². The molecule has 0 saturated heterocycles. The number of ether oxygens (including phenoxy) is 2. The molecule has 1 fully saturated rings. The van der Waals surface area contributed by atoms with Gasteiger partial charge in [-0.25, -0.2) is 0 Å². The van der Waals surface area contributed by atoms with Crippen LogP contribution in [0.3, 0.4) is 0 Å². The van der Waals surface area contributed by atoms with Gasteiger partial charge >= 0.3 is 0 Å². The van der Waals surface area contributed by atoms with Crippen LogP contribution in [0.1, 0.15) is 12.8 Å². The van der Waals surface area contributed by atoms with Crippen LogP contribution >= 0.6 is 0 Å². The van der Waals surface area contributed by atoms with Crippen molar-refractivity contribution in [1.29, 1.82) is 0 Å². The number of benzene rings is 1. The first-order chi connectivity index (χ1) is 8.72. The van der Waals surface area contributed by atoms with Crippen LogP contribution in [0.25, 0.3) is 0 Å². The van der Waals surface area contributed by atoms with Gasteiger partial charge in [0.2, 0.25) is 0 Å². The Morgan fingerprint density at radius 3 is 2.67 bits per heavy atom. The lowest BCUT2D eigenvalue weighted by Gasteiger charge is -2.10. The van der Waals surface area contributed by atoms with Crippen LogP contribution in [-0.4, -0.2) is 26.7 Å². The summed E-state index contributed by atoms with van der Waals surface area (Å²) in [5, 5.41) is 3.04. The number of hydrogen-bond donors (Lipinski definition) is 2. The Bertz CT molecular complexity index is 442. The van der Waals surface area contributed by atoms with Crippen molar-refractivity contribution in [3.8, 4) is 11.5 Å². The molecule has 0 heterocycles. The Morgan fingerprint density at radius 1 is 1.33 bits per heavy atom. The minimum atomic E-state index is 0.439. The molecule has 0 unspecified atom stereocenters. The van der Waals surface area contributed by atoms with Crippen LogP contribution in [0.4, 0.5) is 5.69 Å². The third-order valence-electron chi connectivity index (χ3n) is 2.87. The lowest BCUT2D eigenvalue weighted by molar-refractivity contribution is 0.355. The number of hydrogen-bond acceptors (Lipinski definition) is 3. The summed E-state index contributed by atoms with van der Waals surface area (Å²) in [6.07, 6.45) is 2.54. The van der Waals surface area contributed by atoms with Gasteiger partial charge in [0.25, 0.3) is 0 Å². The number of nitrogens with two attached hydrogens (primary N) is 1. The monoisotopic (exact) mass is 249 g/mol. The fraction of sp³-hybridized carbons (Fsp3) is 0.462. The summed E-state index contributed by atoms with van der Waals surface area (Å²) in [7, 11) is 3.21. The largest absolute Gasteiger partial charge is 0.493 e. The molecule has 1 aromatic carbocycles. The average Bonchev–Trinajstić information content (AvgIpc) is 3.20. The molecule has 98 valence electrons. The molecule has 0 atom stereocenters. The van der Waals surface area contributed by atoms with Crippen molar-refractivity contribution in [1.82, 2.24) is 0 Å². The van der Waals surface area contributed by atoms with Crippen LogP contribution in [0.15, 0.2) is 23.2 Å². The van der Waals surface area contributed by atoms with E-state index in [2.05, 4.69) is 10.3 Å². The topological polar surface area (TPSA) is 68.9 Å². The second kappa shape index (κ2) is 5.62. The van der Waals surface area contributed by atoms with Gasteiger partial charge in [-0.1, -0.05) is 0 Å². The highest BCUT2D eigenvalue weighted by atomic mass is 16.5. The zero-order valence-electron chi connectivity index (χ0n) is 10.8. The Labute approximate surface area is 107 Å². The van der Waals surface area contributed by atoms with E-state index in [0.717, 1.165) is 18.2 Å². The number of aliphatic imine (C=N–C) groups is 1. The van der Waals surface area contributed by atoms with Gasteiger partial charge in [0.05, 0.1) is 14.2 Å². The Balaban J connectivity index is 2.01. The van der Waals surface area contributed by atoms with Gasteiger partial charge in [-0.2, -0.15) is 0 Å². The lowest BCUT2D eigenvalue weighted by Crippen LogP contribution is -2.23. The summed E-state index contributed by atoms with van der Waals surface area (Å²) in [4.78, 5) is 4.29. The number of nitrogens with one attached hydrogen (secondary N) is 1. The standard InChI is InChI=1S/C13H19N3O2/c1-17-11-6-5-10(7-12(11)18-2)16-13(14)15-8-9-3-4-9/h5-7,9H,3-4,8H2,1-2H3,(H3,14,15,16). The molecule has 1 saturated carbocycles. The van der Waals surface area contributed by atoms with Gasteiger partial charge in [-0.05, 0) is 30.9 Å². The number of nitrogens with zero attached hydrogens (tertiary/aromatic N) is 1. The van der Waals surface area contributed by atoms with Crippen molar-refractivity contribution in [3.05, 3.63) is 18.2 Å². The highest BCUT2D eigenvalue weighted by molar-refractivity contribution is 5.92. The second-order valence-corrected chi connectivity index (χ2v) is 4.36. The minimum Gasteiger partial charge on any atom is -0.493 e. The summed E-state index contributed by atoms with van der Waals surface area (Å²) in [6, 6.07) is 5.54. The molecule has 1 aliphatic rings. The van der Waals surface area contributed by atoms with Crippen molar-refractivity contribution in [2.75, 3.05) is 26.1 Å². The van der Waals surface area contributed by atoms with Crippen LogP contribution in [0.2, 0.25) is 0 Å². The van der Waals surface area contributed by atoms with Gasteiger partial charge in [-0.15, -0.1) is 0 Å². The maximum atomic E-state index is 5.81. The van der Waals surface area contributed by atoms with E-state index in [4.69, 9.17) is 15.2 Å². The van der Waals surface area contributed by atoms with Crippen LogP contribution in [-0.2, 0) is 0 Å². The number of anilines is 1. The van der Waals surface area contributed by atoms with Gasteiger partial charge < -0.3 is 20.5 Å². The Kier molecular flexibility index (Phi) is 3.92.